The van der Waals surface area contributed by atoms with Gasteiger partial charge in [0.2, 0.25) is 0 Å². The number of hydrogen-bond donors (Lipinski definition) is 0. The summed E-state index contributed by atoms with van der Waals surface area (Å²) in [6.07, 6.45) is -2.82. The van der Waals surface area contributed by atoms with E-state index in [1.54, 1.807) is 24.3 Å². The first-order chi connectivity index (χ1) is 13.2. The molecule has 152 valence electrons. The van der Waals surface area contributed by atoms with Crippen LogP contribution >= 0.6 is 11.8 Å². The van der Waals surface area contributed by atoms with Gasteiger partial charge in [0.15, 0.2) is 29.5 Å². The van der Waals surface area contributed by atoms with Crippen LogP contribution in [0.4, 0.5) is 0 Å². The van der Waals surface area contributed by atoms with E-state index in [2.05, 4.69) is 0 Å². The van der Waals surface area contributed by atoms with E-state index in [0.29, 0.717) is 11.3 Å². The molecule has 28 heavy (non-hydrogen) atoms. The molecule has 1 aliphatic heterocycles. The van der Waals surface area contributed by atoms with Crippen LogP contribution in [-0.4, -0.2) is 53.2 Å². The zero-order valence-corrected chi connectivity index (χ0v) is 16.8. The van der Waals surface area contributed by atoms with Crippen LogP contribution in [0, 0.1) is 0 Å². The van der Waals surface area contributed by atoms with Crippen LogP contribution in [0.5, 0.6) is 5.75 Å². The van der Waals surface area contributed by atoms with Gasteiger partial charge in [-0.05, 0) is 19.1 Å². The third-order valence-electron chi connectivity index (χ3n) is 3.80. The van der Waals surface area contributed by atoms with E-state index in [9.17, 15) is 19.2 Å². The predicted molar refractivity (Wildman–Crippen MR) is 100.0 cm³/mol. The van der Waals surface area contributed by atoms with Gasteiger partial charge in [-0.3, -0.25) is 19.2 Å². The fourth-order valence-corrected chi connectivity index (χ4v) is 3.95. The Morgan fingerprint density at radius 3 is 2.07 bits per heavy atom. The summed E-state index contributed by atoms with van der Waals surface area (Å²) in [7, 11) is 0. The molecule has 8 nitrogen and oxygen atoms in total. The highest BCUT2D eigenvalue weighted by Crippen LogP contribution is 2.34. The van der Waals surface area contributed by atoms with Crippen LogP contribution in [0.3, 0.4) is 0 Å². The second-order valence-corrected chi connectivity index (χ2v) is 7.33. The normalized spacial score (nSPS) is 24.0. The van der Waals surface area contributed by atoms with E-state index in [0.717, 1.165) is 0 Å². The highest BCUT2D eigenvalue weighted by molar-refractivity contribution is 7.99. The van der Waals surface area contributed by atoms with E-state index in [4.69, 9.17) is 18.9 Å². The molecule has 1 aliphatic rings. The Hall–Kier alpha value is -2.55. The van der Waals surface area contributed by atoms with Crippen molar-refractivity contribution in [3.63, 3.8) is 0 Å². The maximum absolute atomic E-state index is 11.6. The van der Waals surface area contributed by atoms with Gasteiger partial charge in [-0.15, -0.1) is 11.8 Å². The third kappa shape index (κ3) is 5.98. The highest BCUT2D eigenvalue weighted by atomic mass is 32.2. The highest BCUT2D eigenvalue weighted by Gasteiger charge is 2.47. The summed E-state index contributed by atoms with van der Waals surface area (Å²) in [5, 5.41) is 0. The Bertz CT molecular complexity index is 762. The monoisotopic (exact) mass is 410 g/mol. The van der Waals surface area contributed by atoms with Crippen LogP contribution in [0.15, 0.2) is 24.3 Å². The minimum absolute atomic E-state index is 0.119. The topological polar surface area (TPSA) is 105 Å². The summed E-state index contributed by atoms with van der Waals surface area (Å²) in [5.74, 6) is -1.20. The first-order valence-electron chi connectivity index (χ1n) is 8.58. The van der Waals surface area contributed by atoms with Crippen LogP contribution < -0.4 is 4.74 Å². The summed E-state index contributed by atoms with van der Waals surface area (Å²) >= 11 is 1.25. The number of Topliss-reactive ketones (excluding diaryl/α,β-unsaturated/α-hetero) is 1. The van der Waals surface area contributed by atoms with Crippen molar-refractivity contribution in [1.82, 2.24) is 0 Å². The SMILES string of the molecule is CC(=O)O[C@@H]1[C@@H](OC(C)=O)[C@H](OC(C)=O)CS[C@H]1Oc1cccc(C(C)=O)c1. The molecule has 0 radical (unpaired) electrons. The smallest absolute Gasteiger partial charge is 0.303 e. The van der Waals surface area contributed by atoms with E-state index in [1.807, 2.05) is 0 Å². The molecule has 0 aromatic heterocycles. The van der Waals surface area contributed by atoms with Gasteiger partial charge >= 0.3 is 17.9 Å². The first-order valence-corrected chi connectivity index (χ1v) is 9.63. The van der Waals surface area contributed by atoms with E-state index in [1.165, 1.54) is 39.5 Å². The zero-order chi connectivity index (χ0) is 20.8. The van der Waals surface area contributed by atoms with Gasteiger partial charge in [-0.25, -0.2) is 0 Å². The quantitative estimate of drug-likeness (QED) is 0.396. The molecule has 1 aromatic carbocycles. The Labute approximate surface area is 166 Å². The number of hydrogen-bond acceptors (Lipinski definition) is 9. The maximum atomic E-state index is 11.6. The third-order valence-corrected chi connectivity index (χ3v) is 5.01. The number of carbonyl (C=O) groups excluding carboxylic acids is 4. The van der Waals surface area contributed by atoms with Crippen molar-refractivity contribution in [2.24, 2.45) is 0 Å². The second-order valence-electron chi connectivity index (χ2n) is 6.20. The minimum atomic E-state index is -1.02. The standard InChI is InChI=1S/C19H22O8S/c1-10(20)14-6-5-7-15(8-14)27-19-18(26-13(4)23)17(25-12(3)22)16(9-28-19)24-11(2)21/h5-8,16-19H,9H2,1-4H3/t16-,17+,18-,19-/m1/s1. The van der Waals surface area contributed by atoms with Gasteiger partial charge < -0.3 is 18.9 Å². The molecule has 0 N–H and O–H groups in total. The molecular weight excluding hydrogens is 388 g/mol. The van der Waals surface area contributed by atoms with Crippen LogP contribution in [0.25, 0.3) is 0 Å². The van der Waals surface area contributed by atoms with Gasteiger partial charge in [0.05, 0.1) is 0 Å². The van der Waals surface area contributed by atoms with Crippen molar-refractivity contribution < 1.29 is 38.1 Å². The van der Waals surface area contributed by atoms with Crippen molar-refractivity contribution >= 4 is 35.5 Å². The van der Waals surface area contributed by atoms with Crippen molar-refractivity contribution in [2.75, 3.05) is 5.75 Å². The molecule has 0 unspecified atom stereocenters. The van der Waals surface area contributed by atoms with Gasteiger partial charge in [-0.2, -0.15) is 0 Å². The number of ether oxygens (including phenoxy) is 4. The number of benzene rings is 1. The van der Waals surface area contributed by atoms with Crippen LogP contribution in [0.1, 0.15) is 38.1 Å². The maximum Gasteiger partial charge on any atom is 0.303 e. The van der Waals surface area contributed by atoms with Gasteiger partial charge in [0.25, 0.3) is 0 Å². The lowest BCUT2D eigenvalue weighted by Crippen LogP contribution is -2.55. The molecule has 1 heterocycles. The summed E-state index contributed by atoms with van der Waals surface area (Å²) in [6, 6.07) is 6.57. The molecule has 4 atom stereocenters. The largest absolute Gasteiger partial charge is 0.476 e. The molecule has 0 bridgehead atoms. The second kappa shape index (κ2) is 9.59. The van der Waals surface area contributed by atoms with E-state index < -0.39 is 41.7 Å². The van der Waals surface area contributed by atoms with Crippen molar-refractivity contribution in [2.45, 2.75) is 51.4 Å². The Morgan fingerprint density at radius 1 is 0.893 bits per heavy atom. The zero-order valence-electron chi connectivity index (χ0n) is 16.0. The van der Waals surface area contributed by atoms with Gasteiger partial charge in [0.1, 0.15) is 5.75 Å². The lowest BCUT2D eigenvalue weighted by atomic mass is 10.1. The van der Waals surface area contributed by atoms with Gasteiger partial charge in [-0.1, -0.05) is 12.1 Å². The Kier molecular flexibility index (Phi) is 7.45. The molecule has 2 rings (SSSR count). The molecular formula is C19H22O8S. The molecule has 9 heteroatoms. The lowest BCUT2D eigenvalue weighted by Gasteiger charge is -2.39. The Balaban J connectivity index is 2.30. The van der Waals surface area contributed by atoms with Crippen molar-refractivity contribution in [3.8, 4) is 5.75 Å². The summed E-state index contributed by atoms with van der Waals surface area (Å²) in [4.78, 5) is 46.2. The number of ketones is 1. The average molecular weight is 410 g/mol. The molecule has 1 fully saturated rings. The molecule has 0 amide bonds. The number of carbonyl (C=O) groups is 4. The average Bonchev–Trinajstić information content (AvgIpc) is 2.59. The molecule has 1 aromatic rings. The molecule has 1 saturated heterocycles. The van der Waals surface area contributed by atoms with E-state index >= 15 is 0 Å². The summed E-state index contributed by atoms with van der Waals surface area (Å²) in [6.45, 7) is 5.12. The summed E-state index contributed by atoms with van der Waals surface area (Å²) < 4.78 is 21.8. The molecule has 0 spiro atoms. The number of rotatable bonds is 6. The molecule has 0 saturated carbocycles. The molecule has 0 aliphatic carbocycles. The van der Waals surface area contributed by atoms with Crippen LogP contribution in [-0.2, 0) is 28.6 Å². The van der Waals surface area contributed by atoms with Crippen LogP contribution in [0.2, 0.25) is 0 Å². The van der Waals surface area contributed by atoms with Gasteiger partial charge in [0, 0.05) is 32.1 Å². The minimum Gasteiger partial charge on any atom is -0.476 e. The van der Waals surface area contributed by atoms with E-state index in [-0.39, 0.29) is 11.5 Å². The Morgan fingerprint density at radius 2 is 1.50 bits per heavy atom. The predicted octanol–water partition coefficient (Wildman–Crippen LogP) is 2.14. The van der Waals surface area contributed by atoms with Crippen molar-refractivity contribution in [3.05, 3.63) is 29.8 Å². The summed E-state index contributed by atoms with van der Waals surface area (Å²) in [5.41, 5.74) is -0.265. The van der Waals surface area contributed by atoms with Crippen molar-refractivity contribution in [1.29, 1.82) is 0 Å². The number of esters is 3. The number of thioether (sulfide) groups is 1. The first kappa shape index (κ1) is 21.7. The fourth-order valence-electron chi connectivity index (χ4n) is 2.73. The lowest BCUT2D eigenvalue weighted by molar-refractivity contribution is -0.186. The fraction of sp³-hybridized carbons (Fsp3) is 0.474.